The first kappa shape index (κ1) is 20.9. The van der Waals surface area contributed by atoms with Crippen molar-refractivity contribution in [2.45, 2.75) is 39.2 Å². The zero-order chi connectivity index (χ0) is 21.6. The Labute approximate surface area is 182 Å². The second kappa shape index (κ2) is 9.64. The van der Waals surface area contributed by atoms with Crippen LogP contribution in [0.5, 0.6) is 11.5 Å². The first-order valence-corrected chi connectivity index (χ1v) is 10.9. The van der Waals surface area contributed by atoms with Crippen LogP contribution in [-0.2, 0) is 4.79 Å². The maximum atomic E-state index is 12.2. The summed E-state index contributed by atoms with van der Waals surface area (Å²) in [4.78, 5) is 23.0. The van der Waals surface area contributed by atoms with Crippen molar-refractivity contribution < 1.29 is 14.3 Å². The third-order valence-electron chi connectivity index (χ3n) is 5.48. The van der Waals surface area contributed by atoms with Crippen molar-refractivity contribution in [2.75, 3.05) is 25.1 Å². The summed E-state index contributed by atoms with van der Waals surface area (Å²) in [5.41, 5.74) is 1.70. The zero-order valence-corrected chi connectivity index (χ0v) is 18.0. The van der Waals surface area contributed by atoms with E-state index < -0.39 is 0 Å². The van der Waals surface area contributed by atoms with Crippen LogP contribution < -0.4 is 14.8 Å². The minimum atomic E-state index is 0.106. The number of rotatable bonds is 8. The van der Waals surface area contributed by atoms with Crippen LogP contribution in [0.25, 0.3) is 10.9 Å². The normalized spacial score (nSPS) is 15.8. The van der Waals surface area contributed by atoms with Gasteiger partial charge in [0.15, 0.2) is 0 Å². The molecule has 1 unspecified atom stereocenters. The maximum Gasteiger partial charge on any atom is 0.222 e. The van der Waals surface area contributed by atoms with E-state index in [0.29, 0.717) is 31.2 Å². The van der Waals surface area contributed by atoms with Crippen molar-refractivity contribution in [3.8, 4) is 11.5 Å². The molecule has 1 aromatic heterocycles. The Morgan fingerprint density at radius 3 is 2.74 bits per heavy atom. The van der Waals surface area contributed by atoms with Crippen molar-refractivity contribution in [1.29, 1.82) is 0 Å². The number of hydrogen-bond donors (Lipinski definition) is 1. The molecule has 3 aromatic rings. The van der Waals surface area contributed by atoms with Gasteiger partial charge in [-0.25, -0.2) is 9.97 Å². The fraction of sp³-hybridized carbons (Fsp3) is 0.375. The van der Waals surface area contributed by atoms with Gasteiger partial charge in [-0.05, 0) is 56.2 Å². The highest BCUT2D eigenvalue weighted by atomic mass is 16.5. The molecule has 4 rings (SSSR count). The first-order valence-electron chi connectivity index (χ1n) is 10.9. The van der Waals surface area contributed by atoms with Crippen molar-refractivity contribution in [3.63, 3.8) is 0 Å². The topological polar surface area (TPSA) is 76.6 Å². The molecule has 0 spiro atoms. The number of likely N-dealkylation sites (tertiary alicyclic amines) is 1. The Morgan fingerprint density at radius 2 is 1.97 bits per heavy atom. The van der Waals surface area contributed by atoms with E-state index in [4.69, 9.17) is 9.47 Å². The molecule has 2 heterocycles. The molecule has 1 saturated heterocycles. The number of fused-ring (bicyclic) bond motifs is 1. The van der Waals surface area contributed by atoms with Crippen LogP contribution in [0, 0.1) is 0 Å². The highest BCUT2D eigenvalue weighted by Crippen LogP contribution is 2.32. The summed E-state index contributed by atoms with van der Waals surface area (Å²) < 4.78 is 11.7. The first-order chi connectivity index (χ1) is 15.2. The van der Waals surface area contributed by atoms with E-state index in [9.17, 15) is 4.79 Å². The predicted octanol–water partition coefficient (Wildman–Crippen LogP) is 4.55. The predicted molar refractivity (Wildman–Crippen MR) is 121 cm³/mol. The van der Waals surface area contributed by atoms with Crippen LogP contribution in [0.4, 0.5) is 11.5 Å². The fourth-order valence-electron chi connectivity index (χ4n) is 3.96. The number of carbonyl (C=O) groups is 1. The van der Waals surface area contributed by atoms with Crippen molar-refractivity contribution in [2.24, 2.45) is 0 Å². The maximum absolute atomic E-state index is 12.2. The number of hydrogen-bond acceptors (Lipinski definition) is 6. The lowest BCUT2D eigenvalue weighted by Crippen LogP contribution is -2.38. The molecule has 1 fully saturated rings. The van der Waals surface area contributed by atoms with E-state index in [1.807, 2.05) is 61.2 Å². The number of carbonyl (C=O) groups excluding carboxylic acids is 1. The van der Waals surface area contributed by atoms with E-state index >= 15 is 0 Å². The molecule has 1 atom stereocenters. The molecule has 0 saturated carbocycles. The number of aromatic nitrogens is 2. The van der Waals surface area contributed by atoms with Gasteiger partial charge in [0.05, 0.1) is 23.6 Å². The Bertz CT molecular complexity index is 1030. The number of amides is 1. The van der Waals surface area contributed by atoms with Crippen LogP contribution >= 0.6 is 0 Å². The van der Waals surface area contributed by atoms with Crippen molar-refractivity contribution >= 4 is 28.3 Å². The lowest BCUT2D eigenvalue weighted by atomic mass is 10.2. The SMILES string of the molecule is CCOc1ccc(Nc2ncnc3cccc(OCC4CCCN4C(=O)CC)c23)cc1. The van der Waals surface area contributed by atoms with Gasteiger partial charge >= 0.3 is 0 Å². The summed E-state index contributed by atoms with van der Waals surface area (Å²) in [6, 6.07) is 13.7. The summed E-state index contributed by atoms with van der Waals surface area (Å²) in [5.74, 6) is 2.40. The van der Waals surface area contributed by atoms with E-state index in [-0.39, 0.29) is 11.9 Å². The van der Waals surface area contributed by atoms with Crippen molar-refractivity contribution in [3.05, 3.63) is 48.8 Å². The summed E-state index contributed by atoms with van der Waals surface area (Å²) in [5, 5.41) is 4.19. The molecule has 0 aliphatic carbocycles. The lowest BCUT2D eigenvalue weighted by Gasteiger charge is -2.24. The summed E-state index contributed by atoms with van der Waals surface area (Å²) >= 11 is 0. The van der Waals surface area contributed by atoms with Gasteiger partial charge in [0, 0.05) is 18.7 Å². The molecule has 31 heavy (non-hydrogen) atoms. The van der Waals surface area contributed by atoms with E-state index in [0.717, 1.165) is 41.7 Å². The van der Waals surface area contributed by atoms with Crippen LogP contribution in [0.3, 0.4) is 0 Å². The Morgan fingerprint density at radius 1 is 1.13 bits per heavy atom. The molecular weight excluding hydrogens is 392 g/mol. The third kappa shape index (κ3) is 4.71. The molecule has 2 aromatic carbocycles. The Balaban J connectivity index is 1.56. The molecule has 1 aliphatic rings. The minimum Gasteiger partial charge on any atom is -0.494 e. The van der Waals surface area contributed by atoms with Gasteiger partial charge in [-0.15, -0.1) is 0 Å². The number of ether oxygens (including phenoxy) is 2. The number of nitrogens with zero attached hydrogens (tertiary/aromatic N) is 3. The largest absolute Gasteiger partial charge is 0.494 e. The van der Waals surface area contributed by atoms with Gasteiger partial charge in [0.2, 0.25) is 5.91 Å². The van der Waals surface area contributed by atoms with Crippen molar-refractivity contribution in [1.82, 2.24) is 14.9 Å². The number of anilines is 2. The van der Waals surface area contributed by atoms with Crippen LogP contribution in [0.2, 0.25) is 0 Å². The van der Waals surface area contributed by atoms with E-state index in [1.54, 1.807) is 6.33 Å². The monoisotopic (exact) mass is 420 g/mol. The summed E-state index contributed by atoms with van der Waals surface area (Å²) in [6.07, 6.45) is 4.05. The van der Waals surface area contributed by atoms with Crippen LogP contribution in [-0.4, -0.2) is 46.6 Å². The second-order valence-electron chi connectivity index (χ2n) is 7.50. The summed E-state index contributed by atoms with van der Waals surface area (Å²) in [6.45, 7) is 5.77. The van der Waals surface area contributed by atoms with Gasteiger partial charge in [-0.2, -0.15) is 0 Å². The van der Waals surface area contributed by atoms with Gasteiger partial charge in [0.25, 0.3) is 0 Å². The molecule has 1 aliphatic heterocycles. The Hall–Kier alpha value is -3.35. The van der Waals surface area contributed by atoms with Crippen LogP contribution in [0.15, 0.2) is 48.8 Å². The molecule has 0 bridgehead atoms. The molecule has 162 valence electrons. The minimum absolute atomic E-state index is 0.106. The molecule has 7 nitrogen and oxygen atoms in total. The summed E-state index contributed by atoms with van der Waals surface area (Å²) in [7, 11) is 0. The average molecular weight is 421 g/mol. The third-order valence-corrected chi connectivity index (χ3v) is 5.48. The molecule has 7 heteroatoms. The quantitative estimate of drug-likeness (QED) is 0.576. The van der Waals surface area contributed by atoms with Crippen LogP contribution in [0.1, 0.15) is 33.1 Å². The van der Waals surface area contributed by atoms with E-state index in [1.165, 1.54) is 0 Å². The number of benzene rings is 2. The second-order valence-corrected chi connectivity index (χ2v) is 7.50. The average Bonchev–Trinajstić information content (AvgIpc) is 3.27. The molecule has 0 radical (unpaired) electrons. The number of nitrogens with one attached hydrogen (secondary N) is 1. The molecule has 1 N–H and O–H groups in total. The van der Waals surface area contributed by atoms with Gasteiger partial charge in [0.1, 0.15) is 30.3 Å². The molecule has 1 amide bonds. The highest BCUT2D eigenvalue weighted by Gasteiger charge is 2.28. The van der Waals surface area contributed by atoms with Gasteiger partial charge < -0.3 is 19.7 Å². The highest BCUT2D eigenvalue weighted by molar-refractivity contribution is 5.95. The lowest BCUT2D eigenvalue weighted by molar-refractivity contribution is -0.132. The standard InChI is InChI=1S/C24H28N4O3/c1-3-22(29)28-14-6-7-18(28)15-31-21-9-5-8-20-23(21)24(26-16-25-20)27-17-10-12-19(13-11-17)30-4-2/h5,8-13,16,18H,3-4,6-7,14-15H2,1-2H3,(H,25,26,27). The van der Waals surface area contributed by atoms with E-state index in [2.05, 4.69) is 15.3 Å². The Kier molecular flexibility index (Phi) is 6.50. The van der Waals surface area contributed by atoms with Gasteiger partial charge in [-0.1, -0.05) is 13.0 Å². The molecular formula is C24H28N4O3. The van der Waals surface area contributed by atoms with Gasteiger partial charge in [-0.3, -0.25) is 4.79 Å². The fourth-order valence-corrected chi connectivity index (χ4v) is 3.96. The smallest absolute Gasteiger partial charge is 0.222 e. The zero-order valence-electron chi connectivity index (χ0n) is 18.0.